The standard InChI is InChI=1S/C26H27ClF3N3O7S/c1-40-25(36)31-5-4-22(34)32-12-26(37)14-7-15(26)9-17(8-14)41(38,39)21-6-13(2-3-18(21)27)24(35)33-16-10-19(28)23(30)20(29)11-16/h2-3,6,10-11,14-15,17,37H,4-5,7-9,12H2,1H3,(H,31,36)(H,32,34)(H,33,35). The van der Waals surface area contributed by atoms with Crippen LogP contribution in [0.2, 0.25) is 5.02 Å². The normalized spacial score (nSPS) is 23.2. The molecule has 3 aliphatic rings. The molecule has 0 aromatic heterocycles. The van der Waals surface area contributed by atoms with Gasteiger partial charge in [0.1, 0.15) is 0 Å². The Kier molecular flexibility index (Phi) is 8.85. The highest BCUT2D eigenvalue weighted by molar-refractivity contribution is 7.92. The molecule has 2 bridgehead atoms. The van der Waals surface area contributed by atoms with Gasteiger partial charge in [-0.25, -0.2) is 26.4 Å². The van der Waals surface area contributed by atoms with E-state index in [4.69, 9.17) is 11.6 Å². The highest BCUT2D eigenvalue weighted by atomic mass is 35.5. The Hall–Kier alpha value is -3.36. The van der Waals surface area contributed by atoms with Crippen LogP contribution in [0.1, 0.15) is 36.0 Å². The van der Waals surface area contributed by atoms with Gasteiger partial charge in [0.2, 0.25) is 5.91 Å². The van der Waals surface area contributed by atoms with Crippen molar-refractivity contribution in [3.05, 3.63) is 58.4 Å². The third-order valence-electron chi connectivity index (χ3n) is 7.63. The van der Waals surface area contributed by atoms with E-state index in [0.717, 1.165) is 6.07 Å². The second kappa shape index (κ2) is 11.9. The summed E-state index contributed by atoms with van der Waals surface area (Å²) in [5.74, 6) is -6.85. The van der Waals surface area contributed by atoms with Gasteiger partial charge in [-0.3, -0.25) is 9.59 Å². The van der Waals surface area contributed by atoms with Crippen molar-refractivity contribution in [1.29, 1.82) is 0 Å². The van der Waals surface area contributed by atoms with Crippen LogP contribution in [0.4, 0.5) is 23.7 Å². The first-order valence-electron chi connectivity index (χ1n) is 12.6. The number of methoxy groups -OCH3 is 1. The predicted octanol–water partition coefficient (Wildman–Crippen LogP) is 3.18. The van der Waals surface area contributed by atoms with Crippen molar-refractivity contribution >= 4 is 45.0 Å². The highest BCUT2D eigenvalue weighted by Crippen LogP contribution is 2.55. The maximum atomic E-state index is 13.6. The van der Waals surface area contributed by atoms with Crippen LogP contribution in [0.15, 0.2) is 35.2 Å². The minimum Gasteiger partial charge on any atom is -0.453 e. The molecule has 2 atom stereocenters. The minimum absolute atomic E-state index is 0.0367. The summed E-state index contributed by atoms with van der Waals surface area (Å²) in [7, 11) is -2.89. The fourth-order valence-electron chi connectivity index (χ4n) is 5.35. The molecule has 15 heteroatoms. The van der Waals surface area contributed by atoms with E-state index in [1.54, 1.807) is 0 Å². The van der Waals surface area contributed by atoms with Crippen molar-refractivity contribution in [2.45, 2.75) is 41.4 Å². The quantitative estimate of drug-likeness (QED) is 0.316. The average Bonchev–Trinajstić information content (AvgIpc) is 2.94. The highest BCUT2D eigenvalue weighted by Gasteiger charge is 2.60. The number of hydrogen-bond donors (Lipinski definition) is 4. The van der Waals surface area contributed by atoms with E-state index in [1.807, 2.05) is 0 Å². The van der Waals surface area contributed by atoms with E-state index >= 15 is 0 Å². The van der Waals surface area contributed by atoms with Gasteiger partial charge >= 0.3 is 6.09 Å². The molecule has 0 radical (unpaired) electrons. The lowest BCUT2D eigenvalue weighted by molar-refractivity contribution is -0.174. The molecule has 41 heavy (non-hydrogen) atoms. The minimum atomic E-state index is -4.08. The van der Waals surface area contributed by atoms with Gasteiger partial charge in [0.15, 0.2) is 27.3 Å². The molecule has 3 aliphatic carbocycles. The second-order valence-corrected chi connectivity index (χ2v) is 12.7. The van der Waals surface area contributed by atoms with Gasteiger partial charge < -0.3 is 25.8 Å². The molecule has 3 saturated carbocycles. The van der Waals surface area contributed by atoms with Crippen LogP contribution in [0.3, 0.4) is 0 Å². The number of aliphatic hydroxyl groups is 1. The summed E-state index contributed by atoms with van der Waals surface area (Å²) in [6, 6.07) is 4.66. The van der Waals surface area contributed by atoms with Crippen LogP contribution in [0, 0.1) is 29.3 Å². The molecule has 0 heterocycles. The summed E-state index contributed by atoms with van der Waals surface area (Å²) in [6.45, 7) is -0.0349. The van der Waals surface area contributed by atoms with Crippen LogP contribution < -0.4 is 16.0 Å². The molecule has 222 valence electrons. The van der Waals surface area contributed by atoms with Gasteiger partial charge in [-0.15, -0.1) is 0 Å². The van der Waals surface area contributed by atoms with E-state index in [1.165, 1.54) is 19.2 Å². The molecule has 0 aliphatic heterocycles. The van der Waals surface area contributed by atoms with Crippen molar-refractivity contribution in [3.8, 4) is 0 Å². The van der Waals surface area contributed by atoms with Crippen molar-refractivity contribution in [1.82, 2.24) is 10.6 Å². The SMILES string of the molecule is COC(=O)NCCC(=O)NCC1(O)C2CC1CC(S(=O)(=O)c1cc(C(=O)Nc3cc(F)c(F)c(F)c3)ccc1Cl)C2. The number of amides is 3. The largest absolute Gasteiger partial charge is 0.453 e. The second-order valence-electron chi connectivity index (χ2n) is 10.1. The van der Waals surface area contributed by atoms with Crippen molar-refractivity contribution in [2.75, 3.05) is 25.5 Å². The third-order valence-corrected chi connectivity index (χ3v) is 10.3. The molecule has 0 spiro atoms. The number of ether oxygens (including phenoxy) is 1. The topological polar surface area (TPSA) is 151 Å². The van der Waals surface area contributed by atoms with E-state index < -0.39 is 67.9 Å². The lowest BCUT2D eigenvalue weighted by Crippen LogP contribution is -2.66. The lowest BCUT2D eigenvalue weighted by Gasteiger charge is -2.58. The number of fused-ring (bicyclic) bond motifs is 2. The summed E-state index contributed by atoms with van der Waals surface area (Å²) in [5.41, 5.74) is -1.83. The van der Waals surface area contributed by atoms with Crippen LogP contribution in [0.5, 0.6) is 0 Å². The smallest absolute Gasteiger partial charge is 0.406 e. The Morgan fingerprint density at radius 1 is 1.05 bits per heavy atom. The molecule has 2 unspecified atom stereocenters. The zero-order valence-corrected chi connectivity index (χ0v) is 23.3. The molecule has 2 aromatic rings. The molecule has 4 N–H and O–H groups in total. The summed E-state index contributed by atoms with van der Waals surface area (Å²) < 4.78 is 71.8. The first-order chi connectivity index (χ1) is 19.3. The predicted molar refractivity (Wildman–Crippen MR) is 141 cm³/mol. The molecule has 0 saturated heterocycles. The van der Waals surface area contributed by atoms with Crippen molar-refractivity contribution in [3.63, 3.8) is 0 Å². The Labute approximate surface area is 238 Å². The molecule has 5 rings (SSSR count). The Morgan fingerprint density at radius 2 is 1.68 bits per heavy atom. The van der Waals surface area contributed by atoms with E-state index in [0.29, 0.717) is 18.6 Å². The van der Waals surface area contributed by atoms with Gasteiger partial charge in [-0.2, -0.15) is 0 Å². The van der Waals surface area contributed by atoms with Crippen LogP contribution in [-0.2, 0) is 19.4 Å². The van der Waals surface area contributed by atoms with Crippen LogP contribution in [0.25, 0.3) is 0 Å². The molecule has 10 nitrogen and oxygen atoms in total. The number of hydrogen-bond acceptors (Lipinski definition) is 7. The molecular formula is C26H27ClF3N3O7S. The maximum absolute atomic E-state index is 13.6. The Bertz CT molecular complexity index is 1460. The number of anilines is 1. The summed E-state index contributed by atoms with van der Waals surface area (Å²) in [6.07, 6.45) is 0.0438. The fourth-order valence-corrected chi connectivity index (χ4v) is 7.75. The number of halogens is 4. The monoisotopic (exact) mass is 617 g/mol. The summed E-state index contributed by atoms with van der Waals surface area (Å²) in [5, 5.41) is 17.3. The number of rotatable bonds is 9. The first-order valence-corrected chi connectivity index (χ1v) is 14.5. The van der Waals surface area contributed by atoms with Crippen molar-refractivity contribution < 1.29 is 45.8 Å². The van der Waals surface area contributed by atoms with Crippen LogP contribution >= 0.6 is 11.6 Å². The zero-order chi connectivity index (χ0) is 30.1. The molecule has 3 amide bonds. The number of carbonyl (C=O) groups is 3. The summed E-state index contributed by atoms with van der Waals surface area (Å²) in [4.78, 5) is 35.6. The molecular weight excluding hydrogens is 591 g/mol. The number of sulfone groups is 1. The number of nitrogens with one attached hydrogen (secondary N) is 3. The third kappa shape index (κ3) is 6.28. The van der Waals surface area contributed by atoms with Gasteiger partial charge in [-0.1, -0.05) is 11.6 Å². The fraction of sp³-hybridized carbons (Fsp3) is 0.423. The van der Waals surface area contributed by atoms with Crippen LogP contribution in [-0.4, -0.2) is 62.5 Å². The first kappa shape index (κ1) is 30.6. The van der Waals surface area contributed by atoms with E-state index in [2.05, 4.69) is 20.7 Å². The number of benzene rings is 2. The molecule has 2 aromatic carbocycles. The van der Waals surface area contributed by atoms with E-state index in [-0.39, 0.29) is 53.5 Å². The van der Waals surface area contributed by atoms with Crippen molar-refractivity contribution in [2.24, 2.45) is 11.8 Å². The number of carbonyl (C=O) groups excluding carboxylic acids is 3. The van der Waals surface area contributed by atoms with Gasteiger partial charge in [-0.05, 0) is 49.3 Å². The Morgan fingerprint density at radius 3 is 2.29 bits per heavy atom. The average molecular weight is 618 g/mol. The van der Waals surface area contributed by atoms with Gasteiger partial charge in [0, 0.05) is 42.9 Å². The van der Waals surface area contributed by atoms with Gasteiger partial charge in [0.05, 0.1) is 27.9 Å². The van der Waals surface area contributed by atoms with Gasteiger partial charge in [0.25, 0.3) is 5.91 Å². The molecule has 3 fully saturated rings. The van der Waals surface area contributed by atoms with E-state index in [9.17, 15) is 41.1 Å². The maximum Gasteiger partial charge on any atom is 0.406 e. The number of alkyl carbamates (subject to hydrolysis) is 1. The zero-order valence-electron chi connectivity index (χ0n) is 21.7. The summed E-state index contributed by atoms with van der Waals surface area (Å²) >= 11 is 6.20. The lowest BCUT2D eigenvalue weighted by atomic mass is 9.53. The Balaban J connectivity index is 1.41.